The molecule has 1 saturated carbocycles. The summed E-state index contributed by atoms with van der Waals surface area (Å²) in [4.78, 5) is 14.4. The minimum Gasteiger partial charge on any atom is -0.494 e. The first-order valence-electron chi connectivity index (χ1n) is 7.42. The number of hydrogen-bond donors (Lipinski definition) is 1. The Morgan fingerprint density at radius 2 is 2.10 bits per heavy atom. The van der Waals surface area contributed by atoms with Gasteiger partial charge in [0, 0.05) is 18.2 Å². The predicted octanol–water partition coefficient (Wildman–Crippen LogP) is 2.60. The van der Waals surface area contributed by atoms with E-state index in [1.165, 1.54) is 31.7 Å². The number of hydrogen-bond acceptors (Lipinski definition) is 3. The van der Waals surface area contributed by atoms with Crippen LogP contribution in [0.3, 0.4) is 0 Å². The zero-order valence-electron chi connectivity index (χ0n) is 12.3. The van der Waals surface area contributed by atoms with E-state index in [9.17, 15) is 14.3 Å². The Balaban J connectivity index is 2.20. The molecule has 0 saturated heterocycles. The van der Waals surface area contributed by atoms with Gasteiger partial charge in [-0.25, -0.2) is 4.39 Å². The Kier molecular flexibility index (Phi) is 5.56. The van der Waals surface area contributed by atoms with E-state index in [-0.39, 0.29) is 24.3 Å². The molecule has 4 nitrogen and oxygen atoms in total. The van der Waals surface area contributed by atoms with E-state index < -0.39 is 5.82 Å². The summed E-state index contributed by atoms with van der Waals surface area (Å²) in [6.07, 6.45) is 5.33. The molecule has 5 heteroatoms. The SMILES string of the molecule is COc1cc(C(=O)N(CCO)C2CCCCC2)ccc1F. The highest BCUT2D eigenvalue weighted by molar-refractivity contribution is 5.94. The number of ether oxygens (including phenoxy) is 1. The van der Waals surface area contributed by atoms with E-state index in [2.05, 4.69) is 0 Å². The van der Waals surface area contributed by atoms with Gasteiger partial charge in [-0.1, -0.05) is 19.3 Å². The van der Waals surface area contributed by atoms with E-state index in [4.69, 9.17) is 4.74 Å². The van der Waals surface area contributed by atoms with Crippen LogP contribution in [0.4, 0.5) is 4.39 Å². The lowest BCUT2D eigenvalue weighted by Crippen LogP contribution is -2.43. The van der Waals surface area contributed by atoms with Crippen molar-refractivity contribution < 1.29 is 19.0 Å². The van der Waals surface area contributed by atoms with Crippen molar-refractivity contribution in [3.8, 4) is 5.75 Å². The van der Waals surface area contributed by atoms with Gasteiger partial charge < -0.3 is 14.7 Å². The maximum atomic E-state index is 13.4. The van der Waals surface area contributed by atoms with Crippen molar-refractivity contribution in [3.05, 3.63) is 29.6 Å². The number of aliphatic hydroxyl groups is 1. The molecular formula is C16H22FNO3. The minimum atomic E-state index is -0.486. The van der Waals surface area contributed by atoms with Gasteiger partial charge in [0.15, 0.2) is 11.6 Å². The molecule has 1 aromatic rings. The summed E-state index contributed by atoms with van der Waals surface area (Å²) in [6.45, 7) is 0.240. The number of carbonyl (C=O) groups excluding carboxylic acids is 1. The lowest BCUT2D eigenvalue weighted by atomic mass is 9.93. The van der Waals surface area contributed by atoms with E-state index in [1.54, 1.807) is 4.90 Å². The number of methoxy groups -OCH3 is 1. The smallest absolute Gasteiger partial charge is 0.254 e. The molecule has 1 aliphatic rings. The minimum absolute atomic E-state index is 0.0634. The fraction of sp³-hybridized carbons (Fsp3) is 0.562. The van der Waals surface area contributed by atoms with Crippen molar-refractivity contribution in [2.45, 2.75) is 38.1 Å². The summed E-state index contributed by atoms with van der Waals surface area (Å²) < 4.78 is 18.4. The van der Waals surface area contributed by atoms with Crippen LogP contribution >= 0.6 is 0 Å². The van der Waals surface area contributed by atoms with Crippen LogP contribution in [-0.4, -0.2) is 42.2 Å². The molecule has 0 unspecified atom stereocenters. The van der Waals surface area contributed by atoms with Crippen LogP contribution in [0.1, 0.15) is 42.5 Å². The third-order valence-electron chi connectivity index (χ3n) is 4.02. The highest BCUT2D eigenvalue weighted by Gasteiger charge is 2.26. The average molecular weight is 295 g/mol. The molecule has 0 heterocycles. The number of rotatable bonds is 5. The molecule has 2 rings (SSSR count). The third-order valence-corrected chi connectivity index (χ3v) is 4.02. The van der Waals surface area contributed by atoms with Gasteiger partial charge in [0.1, 0.15) is 0 Å². The van der Waals surface area contributed by atoms with Crippen LogP contribution in [0.2, 0.25) is 0 Å². The molecule has 0 atom stereocenters. The molecule has 116 valence electrons. The number of amides is 1. The number of aliphatic hydroxyl groups excluding tert-OH is 1. The first-order valence-corrected chi connectivity index (χ1v) is 7.42. The number of halogens is 1. The van der Waals surface area contributed by atoms with E-state index in [1.807, 2.05) is 0 Å². The van der Waals surface area contributed by atoms with Gasteiger partial charge in [-0.2, -0.15) is 0 Å². The zero-order valence-corrected chi connectivity index (χ0v) is 12.3. The molecule has 0 spiro atoms. The van der Waals surface area contributed by atoms with Gasteiger partial charge in [0.2, 0.25) is 0 Å². The first kappa shape index (κ1) is 15.8. The van der Waals surface area contributed by atoms with Crippen molar-refractivity contribution in [2.75, 3.05) is 20.3 Å². The summed E-state index contributed by atoms with van der Waals surface area (Å²) >= 11 is 0. The zero-order chi connectivity index (χ0) is 15.2. The van der Waals surface area contributed by atoms with Gasteiger partial charge >= 0.3 is 0 Å². The van der Waals surface area contributed by atoms with Crippen LogP contribution in [-0.2, 0) is 0 Å². The molecule has 1 fully saturated rings. The second kappa shape index (κ2) is 7.41. The van der Waals surface area contributed by atoms with E-state index >= 15 is 0 Å². The molecule has 1 amide bonds. The summed E-state index contributed by atoms with van der Waals surface area (Å²) in [6, 6.07) is 4.29. The Bertz CT molecular complexity index is 486. The lowest BCUT2D eigenvalue weighted by molar-refractivity contribution is 0.0585. The molecule has 21 heavy (non-hydrogen) atoms. The highest BCUT2D eigenvalue weighted by Crippen LogP contribution is 2.25. The second-order valence-electron chi connectivity index (χ2n) is 5.36. The van der Waals surface area contributed by atoms with E-state index in [0.717, 1.165) is 25.7 Å². The molecular weight excluding hydrogens is 273 g/mol. The Labute approximate surface area is 124 Å². The fourth-order valence-electron chi connectivity index (χ4n) is 2.91. The van der Waals surface area contributed by atoms with Gasteiger partial charge in [0.05, 0.1) is 13.7 Å². The third kappa shape index (κ3) is 3.73. The highest BCUT2D eigenvalue weighted by atomic mass is 19.1. The van der Waals surface area contributed by atoms with Crippen LogP contribution in [0, 0.1) is 5.82 Å². The van der Waals surface area contributed by atoms with Crippen molar-refractivity contribution in [2.24, 2.45) is 0 Å². The maximum absolute atomic E-state index is 13.4. The maximum Gasteiger partial charge on any atom is 0.254 e. The first-order chi connectivity index (χ1) is 10.2. The van der Waals surface area contributed by atoms with Crippen molar-refractivity contribution in [3.63, 3.8) is 0 Å². The Morgan fingerprint density at radius 1 is 1.38 bits per heavy atom. The summed E-state index contributed by atoms with van der Waals surface area (Å²) in [5.41, 5.74) is 0.396. The Morgan fingerprint density at radius 3 is 2.71 bits per heavy atom. The molecule has 1 N–H and O–H groups in total. The fourth-order valence-corrected chi connectivity index (χ4v) is 2.91. The normalized spacial score (nSPS) is 15.8. The molecule has 0 aromatic heterocycles. The molecule has 0 radical (unpaired) electrons. The summed E-state index contributed by atoms with van der Waals surface area (Å²) in [5.74, 6) is -0.594. The van der Waals surface area contributed by atoms with Gasteiger partial charge in [-0.05, 0) is 31.0 Å². The summed E-state index contributed by atoms with van der Waals surface area (Å²) in [7, 11) is 1.37. The van der Waals surface area contributed by atoms with Crippen LogP contribution in [0.25, 0.3) is 0 Å². The lowest BCUT2D eigenvalue weighted by Gasteiger charge is -2.34. The van der Waals surface area contributed by atoms with Crippen LogP contribution in [0.5, 0.6) is 5.75 Å². The van der Waals surface area contributed by atoms with Gasteiger partial charge in [0.25, 0.3) is 5.91 Å². The van der Waals surface area contributed by atoms with Gasteiger partial charge in [-0.3, -0.25) is 4.79 Å². The monoisotopic (exact) mass is 295 g/mol. The average Bonchev–Trinajstić information content (AvgIpc) is 2.53. The number of carbonyl (C=O) groups is 1. The van der Waals surface area contributed by atoms with Crippen LogP contribution in [0.15, 0.2) is 18.2 Å². The van der Waals surface area contributed by atoms with Crippen molar-refractivity contribution in [1.29, 1.82) is 0 Å². The van der Waals surface area contributed by atoms with Crippen molar-refractivity contribution >= 4 is 5.91 Å². The largest absolute Gasteiger partial charge is 0.494 e. The Hall–Kier alpha value is -1.62. The molecule has 0 bridgehead atoms. The van der Waals surface area contributed by atoms with E-state index in [0.29, 0.717) is 12.1 Å². The van der Waals surface area contributed by atoms with Gasteiger partial charge in [-0.15, -0.1) is 0 Å². The molecule has 1 aliphatic carbocycles. The van der Waals surface area contributed by atoms with Crippen molar-refractivity contribution in [1.82, 2.24) is 4.90 Å². The number of benzene rings is 1. The quantitative estimate of drug-likeness (QED) is 0.908. The summed E-state index contributed by atoms with van der Waals surface area (Å²) in [5, 5.41) is 9.23. The topological polar surface area (TPSA) is 49.8 Å². The number of nitrogens with zero attached hydrogens (tertiary/aromatic N) is 1. The molecule has 1 aromatic carbocycles. The van der Waals surface area contributed by atoms with Crippen LogP contribution < -0.4 is 4.74 Å². The second-order valence-corrected chi connectivity index (χ2v) is 5.36. The molecule has 0 aliphatic heterocycles. The standard InChI is InChI=1S/C16H22FNO3/c1-21-15-11-12(7-8-14(15)17)16(20)18(9-10-19)13-5-3-2-4-6-13/h7-8,11,13,19H,2-6,9-10H2,1H3. The predicted molar refractivity (Wildman–Crippen MR) is 77.9 cm³/mol.